The Morgan fingerprint density at radius 1 is 1.36 bits per heavy atom. The molecule has 0 saturated carbocycles. The molecule has 0 radical (unpaired) electrons. The summed E-state index contributed by atoms with van der Waals surface area (Å²) in [4.78, 5) is 24.1. The maximum absolute atomic E-state index is 13.9. The monoisotopic (exact) mass is 352 g/mol. The van der Waals surface area contributed by atoms with E-state index in [0.29, 0.717) is 5.69 Å². The number of hydrogen-bond acceptors (Lipinski definition) is 3. The molecule has 0 aliphatic carbocycles. The van der Waals surface area contributed by atoms with Crippen molar-refractivity contribution in [3.63, 3.8) is 0 Å². The third kappa shape index (κ3) is 4.31. The van der Waals surface area contributed by atoms with Crippen LogP contribution in [0.1, 0.15) is 12.6 Å². The van der Waals surface area contributed by atoms with Crippen molar-refractivity contribution < 1.29 is 23.5 Å². The number of amides is 2. The van der Waals surface area contributed by atoms with Crippen molar-refractivity contribution >= 4 is 17.8 Å². The van der Waals surface area contributed by atoms with E-state index in [-0.39, 0.29) is 18.1 Å². The standard InChI is InChI=1S/C16H18F2N4O3/c1-9(15(23)24)8-21(3)16(25)19-14-6-10(2)22(20-14)13-5-4-11(17)7-12(13)18/h4-7,9H,8H2,1-3H3,(H,23,24)(H,19,20,25). The summed E-state index contributed by atoms with van der Waals surface area (Å²) < 4.78 is 28.1. The van der Waals surface area contributed by atoms with Crippen molar-refractivity contribution in [2.24, 2.45) is 5.92 Å². The number of aryl methyl sites for hydroxylation is 1. The molecule has 0 saturated heterocycles. The molecule has 1 aromatic heterocycles. The van der Waals surface area contributed by atoms with Gasteiger partial charge in [0.05, 0.1) is 5.92 Å². The molecule has 2 aromatic rings. The van der Waals surface area contributed by atoms with E-state index in [1.54, 1.807) is 6.92 Å². The third-order valence-electron chi connectivity index (χ3n) is 3.58. The van der Waals surface area contributed by atoms with E-state index in [2.05, 4.69) is 10.4 Å². The maximum Gasteiger partial charge on any atom is 0.322 e. The van der Waals surface area contributed by atoms with Crippen molar-refractivity contribution in [3.8, 4) is 5.69 Å². The Balaban J connectivity index is 2.14. The number of nitrogens with one attached hydrogen (secondary N) is 1. The van der Waals surface area contributed by atoms with Crippen molar-refractivity contribution in [1.29, 1.82) is 0 Å². The summed E-state index contributed by atoms with van der Waals surface area (Å²) in [5, 5.41) is 15.5. The molecule has 0 bridgehead atoms. The van der Waals surface area contributed by atoms with Gasteiger partial charge in [0, 0.05) is 31.4 Å². The fourth-order valence-electron chi connectivity index (χ4n) is 2.21. The van der Waals surface area contributed by atoms with E-state index in [4.69, 9.17) is 5.11 Å². The molecule has 25 heavy (non-hydrogen) atoms. The van der Waals surface area contributed by atoms with Crippen LogP contribution in [0.5, 0.6) is 0 Å². The van der Waals surface area contributed by atoms with E-state index in [9.17, 15) is 18.4 Å². The van der Waals surface area contributed by atoms with Gasteiger partial charge in [-0.15, -0.1) is 5.10 Å². The van der Waals surface area contributed by atoms with Gasteiger partial charge in [-0.1, -0.05) is 6.92 Å². The summed E-state index contributed by atoms with van der Waals surface area (Å²) in [7, 11) is 1.46. The van der Waals surface area contributed by atoms with Gasteiger partial charge < -0.3 is 10.0 Å². The van der Waals surface area contributed by atoms with Crippen molar-refractivity contribution in [1.82, 2.24) is 14.7 Å². The Bertz CT molecular complexity index is 807. The molecular formula is C16H18F2N4O3. The van der Waals surface area contributed by atoms with Gasteiger partial charge in [-0.2, -0.15) is 0 Å². The molecule has 0 fully saturated rings. The molecule has 1 atom stereocenters. The number of urea groups is 1. The molecule has 0 spiro atoms. The summed E-state index contributed by atoms with van der Waals surface area (Å²) in [6.45, 7) is 3.16. The van der Waals surface area contributed by atoms with Crippen LogP contribution in [0.25, 0.3) is 5.69 Å². The molecule has 1 heterocycles. The molecule has 0 aliphatic heterocycles. The van der Waals surface area contributed by atoms with Crippen molar-refractivity contribution in [3.05, 3.63) is 41.6 Å². The second-order valence-corrected chi connectivity index (χ2v) is 5.73. The predicted octanol–water partition coefficient (Wildman–Crippen LogP) is 2.64. The number of aromatic nitrogens is 2. The van der Waals surface area contributed by atoms with Crippen LogP contribution in [0.4, 0.5) is 19.4 Å². The first-order valence-corrected chi connectivity index (χ1v) is 7.46. The minimum Gasteiger partial charge on any atom is -0.481 e. The van der Waals surface area contributed by atoms with Crippen LogP contribution in [0, 0.1) is 24.5 Å². The van der Waals surface area contributed by atoms with Gasteiger partial charge in [0.25, 0.3) is 0 Å². The van der Waals surface area contributed by atoms with Gasteiger partial charge in [-0.05, 0) is 19.1 Å². The van der Waals surface area contributed by atoms with Crippen LogP contribution in [0.15, 0.2) is 24.3 Å². The molecule has 1 unspecified atom stereocenters. The molecule has 2 amide bonds. The molecule has 7 nitrogen and oxygen atoms in total. The van der Waals surface area contributed by atoms with Crippen LogP contribution in [-0.4, -0.2) is 45.4 Å². The number of carboxylic acids is 1. The molecule has 2 rings (SSSR count). The lowest BCUT2D eigenvalue weighted by Gasteiger charge is -2.19. The first-order valence-electron chi connectivity index (χ1n) is 7.46. The largest absolute Gasteiger partial charge is 0.481 e. The zero-order chi connectivity index (χ0) is 18.7. The summed E-state index contributed by atoms with van der Waals surface area (Å²) in [6.07, 6.45) is 0. The van der Waals surface area contributed by atoms with E-state index >= 15 is 0 Å². The Morgan fingerprint density at radius 2 is 2.04 bits per heavy atom. The quantitative estimate of drug-likeness (QED) is 0.866. The Hall–Kier alpha value is -2.97. The average Bonchev–Trinajstić information content (AvgIpc) is 2.87. The smallest absolute Gasteiger partial charge is 0.322 e. The normalized spacial score (nSPS) is 11.9. The highest BCUT2D eigenvalue weighted by atomic mass is 19.1. The van der Waals surface area contributed by atoms with Crippen LogP contribution in [0.2, 0.25) is 0 Å². The number of aliphatic carboxylic acids is 1. The van der Waals surface area contributed by atoms with E-state index in [1.807, 2.05) is 0 Å². The van der Waals surface area contributed by atoms with Crippen LogP contribution in [-0.2, 0) is 4.79 Å². The minimum absolute atomic E-state index is 0.0213. The summed E-state index contributed by atoms with van der Waals surface area (Å²) in [5.41, 5.74) is 0.578. The molecule has 9 heteroatoms. The number of benzene rings is 1. The number of hydrogen-bond donors (Lipinski definition) is 2. The topological polar surface area (TPSA) is 87.5 Å². The fraction of sp³-hybridized carbons (Fsp3) is 0.312. The second kappa shape index (κ2) is 7.29. The van der Waals surface area contributed by atoms with Gasteiger partial charge in [-0.25, -0.2) is 18.3 Å². The number of carbonyl (C=O) groups is 2. The number of carboxylic acid groups (broad SMARTS) is 1. The lowest BCUT2D eigenvalue weighted by Crippen LogP contribution is -2.36. The molecule has 1 aromatic carbocycles. The fourth-order valence-corrected chi connectivity index (χ4v) is 2.21. The van der Waals surface area contributed by atoms with Crippen LogP contribution >= 0.6 is 0 Å². The number of nitrogens with zero attached hydrogens (tertiary/aromatic N) is 3. The number of halogens is 2. The number of anilines is 1. The molecule has 2 N–H and O–H groups in total. The summed E-state index contributed by atoms with van der Waals surface area (Å²) >= 11 is 0. The van der Waals surface area contributed by atoms with Crippen LogP contribution in [0.3, 0.4) is 0 Å². The van der Waals surface area contributed by atoms with Gasteiger partial charge in [0.1, 0.15) is 11.5 Å². The highest BCUT2D eigenvalue weighted by Crippen LogP contribution is 2.19. The zero-order valence-electron chi connectivity index (χ0n) is 14.0. The van der Waals surface area contributed by atoms with Crippen LogP contribution < -0.4 is 5.32 Å². The number of rotatable bonds is 5. The Labute approximate surface area is 142 Å². The highest BCUT2D eigenvalue weighted by Gasteiger charge is 2.19. The minimum atomic E-state index is -1.01. The lowest BCUT2D eigenvalue weighted by atomic mass is 10.2. The van der Waals surface area contributed by atoms with E-state index in [1.165, 1.54) is 35.7 Å². The first-order chi connectivity index (χ1) is 11.7. The molecule has 0 aliphatic rings. The van der Waals surface area contributed by atoms with Gasteiger partial charge in [0.2, 0.25) is 0 Å². The summed E-state index contributed by atoms with van der Waals surface area (Å²) in [6, 6.07) is 4.08. The average molecular weight is 352 g/mol. The predicted molar refractivity (Wildman–Crippen MR) is 86.7 cm³/mol. The third-order valence-corrected chi connectivity index (χ3v) is 3.58. The Kier molecular flexibility index (Phi) is 5.35. The number of carbonyl (C=O) groups excluding carboxylic acids is 1. The molecular weight excluding hydrogens is 334 g/mol. The van der Waals surface area contributed by atoms with Gasteiger partial charge in [0.15, 0.2) is 11.6 Å². The van der Waals surface area contributed by atoms with Crippen molar-refractivity contribution in [2.45, 2.75) is 13.8 Å². The zero-order valence-corrected chi connectivity index (χ0v) is 14.0. The first kappa shape index (κ1) is 18.4. The lowest BCUT2D eigenvalue weighted by molar-refractivity contribution is -0.141. The SMILES string of the molecule is Cc1cc(NC(=O)N(C)CC(C)C(=O)O)nn1-c1ccc(F)cc1F. The highest BCUT2D eigenvalue weighted by molar-refractivity contribution is 5.88. The maximum atomic E-state index is 13.9. The second-order valence-electron chi connectivity index (χ2n) is 5.73. The summed E-state index contributed by atoms with van der Waals surface area (Å²) in [5.74, 6) is -3.04. The van der Waals surface area contributed by atoms with Gasteiger partial charge in [-0.3, -0.25) is 10.1 Å². The van der Waals surface area contributed by atoms with E-state index < -0.39 is 29.6 Å². The van der Waals surface area contributed by atoms with Gasteiger partial charge >= 0.3 is 12.0 Å². The molecule has 134 valence electrons. The van der Waals surface area contributed by atoms with Crippen molar-refractivity contribution in [2.75, 3.05) is 18.9 Å². The Morgan fingerprint density at radius 3 is 2.64 bits per heavy atom. The van der Waals surface area contributed by atoms with E-state index in [0.717, 1.165) is 12.1 Å².